The van der Waals surface area contributed by atoms with Crippen molar-refractivity contribution in [3.8, 4) is 5.69 Å². The van der Waals surface area contributed by atoms with Gasteiger partial charge in [0.15, 0.2) is 6.10 Å². The summed E-state index contributed by atoms with van der Waals surface area (Å²) in [7, 11) is 0. The van der Waals surface area contributed by atoms with Crippen LogP contribution >= 0.6 is 0 Å². The van der Waals surface area contributed by atoms with E-state index in [2.05, 4.69) is 10.2 Å². The van der Waals surface area contributed by atoms with Gasteiger partial charge in [0.05, 0.1) is 18.8 Å². The van der Waals surface area contributed by atoms with Crippen LogP contribution in [0.4, 0.5) is 11.4 Å². The molecule has 160 valence electrons. The lowest BCUT2D eigenvalue weighted by molar-refractivity contribution is -0.123. The lowest BCUT2D eigenvalue weighted by Crippen LogP contribution is -2.36. The number of aromatic nitrogens is 1. The Balaban J connectivity index is 1.34. The summed E-state index contributed by atoms with van der Waals surface area (Å²) in [5.41, 5.74) is 2.97. The first-order chi connectivity index (χ1) is 15.1. The minimum Gasteiger partial charge on any atom is -0.449 e. The zero-order valence-corrected chi connectivity index (χ0v) is 17.4. The summed E-state index contributed by atoms with van der Waals surface area (Å²) in [6.07, 6.45) is 2.86. The highest BCUT2D eigenvalue weighted by Crippen LogP contribution is 2.19. The van der Waals surface area contributed by atoms with Gasteiger partial charge in [0.2, 0.25) is 0 Å². The molecule has 1 aliphatic heterocycles. The summed E-state index contributed by atoms with van der Waals surface area (Å²) in [5.74, 6) is -0.923. The van der Waals surface area contributed by atoms with E-state index in [-0.39, 0.29) is 5.91 Å². The van der Waals surface area contributed by atoms with E-state index in [1.54, 1.807) is 25.1 Å². The molecule has 1 fully saturated rings. The summed E-state index contributed by atoms with van der Waals surface area (Å²) in [5, 5.41) is 2.80. The Morgan fingerprint density at radius 1 is 0.968 bits per heavy atom. The van der Waals surface area contributed by atoms with Gasteiger partial charge in [0.25, 0.3) is 5.91 Å². The van der Waals surface area contributed by atoms with E-state index in [4.69, 9.17) is 9.47 Å². The van der Waals surface area contributed by atoms with Crippen molar-refractivity contribution in [2.24, 2.45) is 0 Å². The maximum Gasteiger partial charge on any atom is 0.338 e. The second-order valence-corrected chi connectivity index (χ2v) is 7.32. The van der Waals surface area contributed by atoms with Crippen molar-refractivity contribution < 1.29 is 19.1 Å². The lowest BCUT2D eigenvalue weighted by atomic mass is 10.2. The van der Waals surface area contributed by atoms with E-state index < -0.39 is 12.1 Å². The maximum absolute atomic E-state index is 12.5. The van der Waals surface area contributed by atoms with Crippen molar-refractivity contribution in [3.63, 3.8) is 0 Å². The minimum atomic E-state index is -0.929. The van der Waals surface area contributed by atoms with Crippen LogP contribution in [-0.4, -0.2) is 48.9 Å². The number of nitrogens with one attached hydrogen (secondary N) is 1. The molecule has 1 amide bonds. The number of hydrogen-bond acceptors (Lipinski definition) is 5. The van der Waals surface area contributed by atoms with Crippen LogP contribution in [0, 0.1) is 0 Å². The van der Waals surface area contributed by atoms with Crippen LogP contribution < -0.4 is 10.2 Å². The van der Waals surface area contributed by atoms with Gasteiger partial charge >= 0.3 is 5.97 Å². The number of benzene rings is 2. The predicted molar refractivity (Wildman–Crippen MR) is 119 cm³/mol. The number of amides is 1. The van der Waals surface area contributed by atoms with E-state index in [1.165, 1.54) is 0 Å². The Morgan fingerprint density at radius 3 is 2.39 bits per heavy atom. The molecule has 0 unspecified atom stereocenters. The fourth-order valence-corrected chi connectivity index (χ4v) is 3.40. The molecule has 1 aliphatic rings. The molecule has 3 aromatic rings. The smallest absolute Gasteiger partial charge is 0.338 e. The zero-order valence-electron chi connectivity index (χ0n) is 17.4. The average molecular weight is 419 g/mol. The van der Waals surface area contributed by atoms with E-state index in [0.717, 1.165) is 37.7 Å². The van der Waals surface area contributed by atoms with Crippen molar-refractivity contribution in [2.45, 2.75) is 13.0 Å². The zero-order chi connectivity index (χ0) is 21.6. The quantitative estimate of drug-likeness (QED) is 0.619. The topological polar surface area (TPSA) is 72.8 Å². The van der Waals surface area contributed by atoms with Gasteiger partial charge in [-0.2, -0.15) is 0 Å². The third-order valence-electron chi connectivity index (χ3n) is 5.15. The molecule has 4 rings (SSSR count). The van der Waals surface area contributed by atoms with Crippen molar-refractivity contribution in [1.29, 1.82) is 0 Å². The second kappa shape index (κ2) is 9.49. The SMILES string of the molecule is C[C@@H](OC(=O)c1cccc(-n2cccc2)c1)C(=O)Nc1ccc(N2CCOCC2)cc1. The van der Waals surface area contributed by atoms with E-state index in [1.807, 2.05) is 59.4 Å². The molecular weight excluding hydrogens is 394 g/mol. The number of rotatable bonds is 6. The van der Waals surface area contributed by atoms with Gasteiger partial charge < -0.3 is 24.3 Å². The Labute approximate surface area is 181 Å². The number of anilines is 2. The molecule has 1 N–H and O–H groups in total. The number of nitrogens with zero attached hydrogens (tertiary/aromatic N) is 2. The fourth-order valence-electron chi connectivity index (χ4n) is 3.40. The first-order valence-electron chi connectivity index (χ1n) is 10.3. The molecule has 0 aliphatic carbocycles. The Kier molecular flexibility index (Phi) is 6.33. The summed E-state index contributed by atoms with van der Waals surface area (Å²) in [4.78, 5) is 27.3. The van der Waals surface area contributed by atoms with Crippen LogP contribution in [0.25, 0.3) is 5.69 Å². The Hall–Kier alpha value is -3.58. The molecule has 0 spiro atoms. The molecule has 2 aromatic carbocycles. The molecule has 7 heteroatoms. The number of ether oxygens (including phenoxy) is 2. The largest absolute Gasteiger partial charge is 0.449 e. The second-order valence-electron chi connectivity index (χ2n) is 7.32. The van der Waals surface area contributed by atoms with Gasteiger partial charge in [0.1, 0.15) is 0 Å². The summed E-state index contributed by atoms with van der Waals surface area (Å²) in [6.45, 7) is 4.70. The van der Waals surface area contributed by atoms with Crippen molar-refractivity contribution in [2.75, 3.05) is 36.5 Å². The van der Waals surface area contributed by atoms with Gasteiger partial charge in [0, 0.05) is 42.5 Å². The van der Waals surface area contributed by atoms with Crippen LogP contribution in [-0.2, 0) is 14.3 Å². The average Bonchev–Trinajstić information content (AvgIpc) is 3.35. The normalized spacial score (nSPS) is 14.7. The summed E-state index contributed by atoms with van der Waals surface area (Å²) < 4.78 is 12.6. The molecule has 31 heavy (non-hydrogen) atoms. The first-order valence-corrected chi connectivity index (χ1v) is 10.3. The van der Waals surface area contributed by atoms with Crippen LogP contribution in [0.5, 0.6) is 0 Å². The lowest BCUT2D eigenvalue weighted by Gasteiger charge is -2.28. The van der Waals surface area contributed by atoms with Gasteiger partial charge in [-0.3, -0.25) is 4.79 Å². The van der Waals surface area contributed by atoms with Crippen molar-refractivity contribution in [3.05, 3.63) is 78.6 Å². The number of carbonyl (C=O) groups is 2. The Morgan fingerprint density at radius 2 is 1.68 bits per heavy atom. The van der Waals surface area contributed by atoms with E-state index >= 15 is 0 Å². The Bertz CT molecular complexity index is 1030. The highest BCUT2D eigenvalue weighted by atomic mass is 16.5. The molecule has 2 heterocycles. The van der Waals surface area contributed by atoms with E-state index in [9.17, 15) is 9.59 Å². The molecule has 1 saturated heterocycles. The minimum absolute atomic E-state index is 0.381. The van der Waals surface area contributed by atoms with Gasteiger partial charge in [-0.15, -0.1) is 0 Å². The van der Waals surface area contributed by atoms with Gasteiger partial charge in [-0.05, 0) is 61.5 Å². The van der Waals surface area contributed by atoms with Crippen LogP contribution in [0.2, 0.25) is 0 Å². The molecular formula is C24H25N3O4. The number of carbonyl (C=O) groups excluding carboxylic acids is 2. The molecule has 0 saturated carbocycles. The number of morpholine rings is 1. The molecule has 0 radical (unpaired) electrons. The van der Waals surface area contributed by atoms with Crippen LogP contribution in [0.3, 0.4) is 0 Å². The number of esters is 1. The molecule has 1 atom stereocenters. The third kappa shape index (κ3) is 5.13. The number of hydrogen-bond donors (Lipinski definition) is 1. The third-order valence-corrected chi connectivity index (χ3v) is 5.15. The van der Waals surface area contributed by atoms with Crippen molar-refractivity contribution in [1.82, 2.24) is 4.57 Å². The molecule has 1 aromatic heterocycles. The van der Waals surface area contributed by atoms with E-state index in [0.29, 0.717) is 11.3 Å². The van der Waals surface area contributed by atoms with Gasteiger partial charge in [-0.25, -0.2) is 4.79 Å². The predicted octanol–water partition coefficient (Wildman–Crippen LogP) is 3.50. The maximum atomic E-state index is 12.5. The summed E-state index contributed by atoms with van der Waals surface area (Å²) >= 11 is 0. The molecule has 7 nitrogen and oxygen atoms in total. The fraction of sp³-hybridized carbons (Fsp3) is 0.250. The highest BCUT2D eigenvalue weighted by Gasteiger charge is 2.20. The van der Waals surface area contributed by atoms with Crippen LogP contribution in [0.15, 0.2) is 73.1 Å². The standard InChI is InChI=1S/C24H25N3O4/c1-18(31-24(29)19-5-4-6-22(17-19)26-11-2-3-12-26)23(28)25-20-7-9-21(10-8-20)27-13-15-30-16-14-27/h2-12,17-18H,13-16H2,1H3,(H,25,28)/t18-/m1/s1. The molecule has 0 bridgehead atoms. The highest BCUT2D eigenvalue weighted by molar-refractivity contribution is 5.97. The van der Waals surface area contributed by atoms with Crippen LogP contribution in [0.1, 0.15) is 17.3 Å². The summed E-state index contributed by atoms with van der Waals surface area (Å²) in [6, 6.07) is 18.5. The first kappa shape index (κ1) is 20.7. The van der Waals surface area contributed by atoms with Crippen molar-refractivity contribution >= 4 is 23.3 Å². The monoisotopic (exact) mass is 419 g/mol. The van der Waals surface area contributed by atoms with Gasteiger partial charge in [-0.1, -0.05) is 6.07 Å².